The van der Waals surface area contributed by atoms with Crippen LogP contribution in [0.2, 0.25) is 0 Å². The van der Waals surface area contributed by atoms with E-state index in [0.29, 0.717) is 5.95 Å². The molecule has 1 atom stereocenters. The third-order valence-corrected chi connectivity index (χ3v) is 4.46. The summed E-state index contributed by atoms with van der Waals surface area (Å²) in [5, 5.41) is 15.3. The SMILES string of the molecule is Cc1ccc(-n2nnnc2N[C@@H](C)c2ccc(C)s2)cc1. The fraction of sp³-hybridized carbons (Fsp3) is 0.267. The Morgan fingerprint density at radius 2 is 1.86 bits per heavy atom. The van der Waals surface area contributed by atoms with Crippen LogP contribution in [0.1, 0.15) is 28.3 Å². The van der Waals surface area contributed by atoms with Crippen molar-refractivity contribution in [2.75, 3.05) is 5.32 Å². The highest BCUT2D eigenvalue weighted by Gasteiger charge is 2.13. The van der Waals surface area contributed by atoms with Crippen molar-refractivity contribution in [1.82, 2.24) is 20.2 Å². The van der Waals surface area contributed by atoms with E-state index in [-0.39, 0.29) is 6.04 Å². The van der Waals surface area contributed by atoms with Gasteiger partial charge in [-0.3, -0.25) is 0 Å². The fourth-order valence-electron chi connectivity index (χ4n) is 2.09. The van der Waals surface area contributed by atoms with Crippen molar-refractivity contribution in [3.63, 3.8) is 0 Å². The average Bonchev–Trinajstić information content (AvgIpc) is 3.09. The van der Waals surface area contributed by atoms with Crippen molar-refractivity contribution in [2.45, 2.75) is 26.8 Å². The van der Waals surface area contributed by atoms with E-state index in [1.807, 2.05) is 24.3 Å². The van der Waals surface area contributed by atoms with Gasteiger partial charge in [0.2, 0.25) is 5.95 Å². The molecule has 0 aliphatic heterocycles. The lowest BCUT2D eigenvalue weighted by Crippen LogP contribution is -2.10. The summed E-state index contributed by atoms with van der Waals surface area (Å²) in [7, 11) is 0. The van der Waals surface area contributed by atoms with E-state index < -0.39 is 0 Å². The van der Waals surface area contributed by atoms with Crippen LogP contribution in [0.25, 0.3) is 5.69 Å². The van der Waals surface area contributed by atoms with Gasteiger partial charge in [-0.2, -0.15) is 4.68 Å². The topological polar surface area (TPSA) is 55.6 Å². The predicted molar refractivity (Wildman–Crippen MR) is 85.0 cm³/mol. The van der Waals surface area contributed by atoms with Crippen molar-refractivity contribution in [3.8, 4) is 5.69 Å². The smallest absolute Gasteiger partial charge is 0.248 e. The van der Waals surface area contributed by atoms with Crippen LogP contribution in [0.3, 0.4) is 0 Å². The van der Waals surface area contributed by atoms with Crippen LogP contribution in [0, 0.1) is 13.8 Å². The summed E-state index contributed by atoms with van der Waals surface area (Å²) in [5.74, 6) is 0.650. The van der Waals surface area contributed by atoms with E-state index in [0.717, 1.165) is 5.69 Å². The second-order valence-electron chi connectivity index (χ2n) is 5.06. The summed E-state index contributed by atoms with van der Waals surface area (Å²) in [6.07, 6.45) is 0. The molecular formula is C15H17N5S. The number of hydrogen-bond acceptors (Lipinski definition) is 5. The maximum Gasteiger partial charge on any atom is 0.248 e. The number of nitrogens with one attached hydrogen (secondary N) is 1. The van der Waals surface area contributed by atoms with Crippen LogP contribution in [0.4, 0.5) is 5.95 Å². The number of thiophene rings is 1. The molecule has 5 nitrogen and oxygen atoms in total. The zero-order valence-corrected chi connectivity index (χ0v) is 13.1. The molecule has 0 amide bonds. The minimum atomic E-state index is 0.166. The first-order valence-electron chi connectivity index (χ1n) is 6.82. The summed E-state index contributed by atoms with van der Waals surface area (Å²) in [6, 6.07) is 12.5. The average molecular weight is 299 g/mol. The lowest BCUT2D eigenvalue weighted by Gasteiger charge is -2.13. The zero-order chi connectivity index (χ0) is 14.8. The van der Waals surface area contributed by atoms with Gasteiger partial charge >= 0.3 is 0 Å². The fourth-order valence-corrected chi connectivity index (χ4v) is 2.97. The van der Waals surface area contributed by atoms with Gasteiger partial charge in [0.25, 0.3) is 0 Å². The minimum absolute atomic E-state index is 0.166. The van der Waals surface area contributed by atoms with Crippen LogP contribution in [-0.4, -0.2) is 20.2 Å². The Hall–Kier alpha value is -2.21. The quantitative estimate of drug-likeness (QED) is 0.801. The Labute approximate surface area is 127 Å². The van der Waals surface area contributed by atoms with Crippen molar-refractivity contribution < 1.29 is 0 Å². The monoisotopic (exact) mass is 299 g/mol. The molecule has 0 bridgehead atoms. The maximum absolute atomic E-state index is 4.08. The summed E-state index contributed by atoms with van der Waals surface area (Å²) in [5.41, 5.74) is 2.16. The first-order chi connectivity index (χ1) is 10.1. The molecule has 0 saturated heterocycles. The Balaban J connectivity index is 1.84. The standard InChI is InChI=1S/C15H17N5S/c1-10-4-7-13(8-5-10)20-15(17-18-19-20)16-12(3)14-9-6-11(2)21-14/h4-9,12H,1-3H3,(H,16,17,19)/t12-/m0/s1. The second kappa shape index (κ2) is 5.65. The normalized spacial score (nSPS) is 12.3. The van der Waals surface area contributed by atoms with Crippen LogP contribution in [0.5, 0.6) is 0 Å². The molecule has 21 heavy (non-hydrogen) atoms. The number of nitrogens with zero attached hydrogens (tertiary/aromatic N) is 4. The van der Waals surface area contributed by atoms with E-state index in [1.165, 1.54) is 15.3 Å². The Bertz CT molecular complexity index is 729. The summed E-state index contributed by atoms with van der Waals surface area (Å²) < 4.78 is 1.72. The van der Waals surface area contributed by atoms with Gasteiger partial charge in [0.1, 0.15) is 0 Å². The van der Waals surface area contributed by atoms with Crippen molar-refractivity contribution in [2.24, 2.45) is 0 Å². The molecule has 6 heteroatoms. The van der Waals surface area contributed by atoms with Gasteiger partial charge < -0.3 is 5.32 Å². The molecule has 0 radical (unpaired) electrons. The largest absolute Gasteiger partial charge is 0.345 e. The van der Waals surface area contributed by atoms with Crippen LogP contribution >= 0.6 is 11.3 Å². The molecule has 0 aliphatic rings. The van der Waals surface area contributed by atoms with Crippen molar-refractivity contribution >= 4 is 17.3 Å². The molecule has 0 fully saturated rings. The molecule has 3 aromatic rings. The summed E-state index contributed by atoms with van der Waals surface area (Å²) >= 11 is 1.78. The number of aryl methyl sites for hydroxylation is 2. The van der Waals surface area contributed by atoms with Gasteiger partial charge in [0.05, 0.1) is 11.7 Å². The van der Waals surface area contributed by atoms with Crippen LogP contribution < -0.4 is 5.32 Å². The highest BCUT2D eigenvalue weighted by molar-refractivity contribution is 7.12. The maximum atomic E-state index is 4.08. The van der Waals surface area contributed by atoms with Gasteiger partial charge in [-0.25, -0.2) is 0 Å². The Kier molecular flexibility index (Phi) is 3.70. The number of anilines is 1. The highest BCUT2D eigenvalue weighted by atomic mass is 32.1. The Morgan fingerprint density at radius 3 is 2.52 bits per heavy atom. The molecule has 2 aromatic heterocycles. The van der Waals surface area contributed by atoms with Crippen molar-refractivity contribution in [3.05, 3.63) is 51.7 Å². The molecule has 108 valence electrons. The minimum Gasteiger partial charge on any atom is -0.345 e. The molecule has 3 rings (SSSR count). The van der Waals surface area contributed by atoms with Gasteiger partial charge in [-0.15, -0.1) is 11.3 Å². The zero-order valence-electron chi connectivity index (χ0n) is 12.2. The highest BCUT2D eigenvalue weighted by Crippen LogP contribution is 2.25. The van der Waals surface area contributed by atoms with Gasteiger partial charge in [0.15, 0.2) is 0 Å². The third-order valence-electron chi connectivity index (χ3n) is 3.28. The summed E-state index contributed by atoms with van der Waals surface area (Å²) in [6.45, 7) is 6.28. The van der Waals surface area contributed by atoms with Gasteiger partial charge in [-0.1, -0.05) is 22.8 Å². The molecular weight excluding hydrogens is 282 g/mol. The van der Waals surface area contributed by atoms with E-state index >= 15 is 0 Å². The number of rotatable bonds is 4. The molecule has 1 N–H and O–H groups in total. The van der Waals surface area contributed by atoms with Crippen LogP contribution in [0.15, 0.2) is 36.4 Å². The molecule has 0 spiro atoms. The van der Waals surface area contributed by atoms with Crippen molar-refractivity contribution in [1.29, 1.82) is 0 Å². The predicted octanol–water partition coefficient (Wildman–Crippen LogP) is 3.51. The molecule has 1 aromatic carbocycles. The molecule has 0 aliphatic carbocycles. The lowest BCUT2D eigenvalue weighted by atomic mass is 10.2. The number of benzene rings is 1. The van der Waals surface area contributed by atoms with Gasteiger partial charge in [-0.05, 0) is 55.5 Å². The van der Waals surface area contributed by atoms with E-state index in [1.54, 1.807) is 16.0 Å². The van der Waals surface area contributed by atoms with E-state index in [4.69, 9.17) is 0 Å². The number of aromatic nitrogens is 4. The number of tetrazole rings is 1. The Morgan fingerprint density at radius 1 is 1.10 bits per heavy atom. The molecule has 2 heterocycles. The first kappa shape index (κ1) is 13.8. The molecule has 0 saturated carbocycles. The van der Waals surface area contributed by atoms with Gasteiger partial charge in [0, 0.05) is 9.75 Å². The first-order valence-corrected chi connectivity index (χ1v) is 7.63. The van der Waals surface area contributed by atoms with E-state index in [9.17, 15) is 0 Å². The molecule has 0 unspecified atom stereocenters. The van der Waals surface area contributed by atoms with Crippen LogP contribution in [-0.2, 0) is 0 Å². The lowest BCUT2D eigenvalue weighted by molar-refractivity contribution is 0.782. The third kappa shape index (κ3) is 2.95. The van der Waals surface area contributed by atoms with E-state index in [2.05, 4.69) is 53.7 Å². The number of hydrogen-bond donors (Lipinski definition) is 1. The second-order valence-corrected chi connectivity index (χ2v) is 6.38. The summed E-state index contributed by atoms with van der Waals surface area (Å²) in [4.78, 5) is 2.57.